The summed E-state index contributed by atoms with van der Waals surface area (Å²) in [5.41, 5.74) is 1.48. The Balaban J connectivity index is 1.83. The first-order valence-electron chi connectivity index (χ1n) is 7.75. The van der Waals surface area contributed by atoms with Gasteiger partial charge in [-0.25, -0.2) is 0 Å². The van der Waals surface area contributed by atoms with E-state index in [0.717, 1.165) is 11.1 Å². The Morgan fingerprint density at radius 1 is 1.19 bits per heavy atom. The molecule has 0 aliphatic carbocycles. The van der Waals surface area contributed by atoms with Crippen LogP contribution in [0.25, 0.3) is 22.6 Å². The minimum absolute atomic E-state index is 0.0677. The zero-order valence-electron chi connectivity index (χ0n) is 14.1. The normalized spacial score (nSPS) is 11.1. The van der Waals surface area contributed by atoms with Gasteiger partial charge in [0, 0.05) is 10.6 Å². The lowest BCUT2D eigenvalue weighted by molar-refractivity contribution is 0.329. The molecule has 0 aliphatic heterocycles. The molecule has 0 saturated carbocycles. The number of methoxy groups -OCH3 is 1. The van der Waals surface area contributed by atoms with Gasteiger partial charge in [-0.15, -0.1) is 10.2 Å². The number of benzene rings is 2. The minimum atomic E-state index is -0.0677. The van der Waals surface area contributed by atoms with Crippen molar-refractivity contribution >= 4 is 34.3 Å². The fourth-order valence-corrected chi connectivity index (χ4v) is 2.57. The van der Waals surface area contributed by atoms with E-state index in [1.165, 1.54) is 7.11 Å². The topological polar surface area (TPSA) is 81.2 Å². The molecule has 8 heteroatoms. The SMILES string of the molecule is COc1cc(/C=C(\Cl)c2nnc(-c3ccc(Cl)cc3)o2)ccc1OCC#N. The third-order valence-corrected chi connectivity index (χ3v) is 4.02. The summed E-state index contributed by atoms with van der Waals surface area (Å²) in [6, 6.07) is 14.1. The number of nitrogens with zero attached hydrogens (tertiary/aromatic N) is 3. The molecule has 0 fully saturated rings. The van der Waals surface area contributed by atoms with Crippen molar-refractivity contribution in [2.24, 2.45) is 0 Å². The summed E-state index contributed by atoms with van der Waals surface area (Å²) in [5, 5.41) is 17.5. The van der Waals surface area contributed by atoms with E-state index in [4.69, 9.17) is 42.4 Å². The summed E-state index contributed by atoms with van der Waals surface area (Å²) in [5.74, 6) is 1.47. The molecular weight excluding hydrogens is 389 g/mol. The van der Waals surface area contributed by atoms with Crippen LogP contribution >= 0.6 is 23.2 Å². The van der Waals surface area contributed by atoms with Gasteiger partial charge in [0.05, 0.1) is 7.11 Å². The Bertz CT molecular complexity index is 1010. The maximum Gasteiger partial charge on any atom is 0.259 e. The van der Waals surface area contributed by atoms with Gasteiger partial charge in [-0.1, -0.05) is 29.3 Å². The van der Waals surface area contributed by atoms with Crippen molar-refractivity contribution < 1.29 is 13.9 Å². The molecule has 2 aromatic carbocycles. The number of aromatic nitrogens is 2. The Hall–Kier alpha value is -3.01. The van der Waals surface area contributed by atoms with Gasteiger partial charge in [-0.2, -0.15) is 5.26 Å². The third kappa shape index (κ3) is 4.59. The number of halogens is 2. The van der Waals surface area contributed by atoms with Crippen LogP contribution in [0.4, 0.5) is 0 Å². The Kier molecular flexibility index (Phi) is 5.97. The average Bonchev–Trinajstić information content (AvgIpc) is 3.17. The summed E-state index contributed by atoms with van der Waals surface area (Å²) in [4.78, 5) is 0. The van der Waals surface area contributed by atoms with Crippen molar-refractivity contribution in [2.75, 3.05) is 13.7 Å². The standard InChI is InChI=1S/C19H13Cl2N3O3/c1-25-17-11-12(2-7-16(17)26-9-8-22)10-15(21)19-24-23-18(27-19)13-3-5-14(20)6-4-13/h2-7,10-11H,9H2,1H3/b15-10-. The van der Waals surface area contributed by atoms with Crippen LogP contribution < -0.4 is 9.47 Å². The number of nitriles is 1. The molecule has 136 valence electrons. The number of hydrogen-bond acceptors (Lipinski definition) is 6. The third-order valence-electron chi connectivity index (χ3n) is 3.49. The molecule has 0 aliphatic rings. The first kappa shape index (κ1) is 18.8. The second kappa shape index (κ2) is 8.58. The lowest BCUT2D eigenvalue weighted by Crippen LogP contribution is -1.96. The van der Waals surface area contributed by atoms with E-state index in [1.807, 2.05) is 6.07 Å². The van der Waals surface area contributed by atoms with E-state index < -0.39 is 0 Å². The predicted octanol–water partition coefficient (Wildman–Crippen LogP) is 5.04. The molecular formula is C19H13Cl2N3O3. The van der Waals surface area contributed by atoms with E-state index in [2.05, 4.69) is 10.2 Å². The lowest BCUT2D eigenvalue weighted by atomic mass is 10.2. The van der Waals surface area contributed by atoms with Crippen molar-refractivity contribution in [3.63, 3.8) is 0 Å². The zero-order chi connectivity index (χ0) is 19.2. The van der Waals surface area contributed by atoms with Crippen LogP contribution in [0.3, 0.4) is 0 Å². The van der Waals surface area contributed by atoms with Crippen molar-refractivity contribution in [3.05, 3.63) is 58.9 Å². The Labute approximate surface area is 165 Å². The second-order valence-corrected chi connectivity index (χ2v) is 6.11. The molecule has 0 saturated heterocycles. The highest BCUT2D eigenvalue weighted by Crippen LogP contribution is 2.31. The minimum Gasteiger partial charge on any atom is -0.493 e. The summed E-state index contributed by atoms with van der Waals surface area (Å²) in [6.07, 6.45) is 1.66. The molecule has 27 heavy (non-hydrogen) atoms. The molecule has 0 spiro atoms. The molecule has 0 N–H and O–H groups in total. The molecule has 3 aromatic rings. The van der Waals surface area contributed by atoms with E-state index in [0.29, 0.717) is 22.4 Å². The van der Waals surface area contributed by atoms with Crippen LogP contribution in [0, 0.1) is 11.3 Å². The van der Waals surface area contributed by atoms with Crippen molar-refractivity contribution in [1.29, 1.82) is 5.26 Å². The summed E-state index contributed by atoms with van der Waals surface area (Å²) in [6.45, 7) is -0.0677. The monoisotopic (exact) mass is 401 g/mol. The van der Waals surface area contributed by atoms with Gasteiger partial charge in [-0.3, -0.25) is 0 Å². The summed E-state index contributed by atoms with van der Waals surface area (Å²) in [7, 11) is 1.51. The highest BCUT2D eigenvalue weighted by Gasteiger charge is 2.12. The molecule has 0 bridgehead atoms. The van der Waals surface area contributed by atoms with Gasteiger partial charge in [0.25, 0.3) is 5.89 Å². The first-order valence-corrected chi connectivity index (χ1v) is 8.51. The van der Waals surface area contributed by atoms with E-state index >= 15 is 0 Å². The number of ether oxygens (including phenoxy) is 2. The molecule has 3 rings (SSSR count). The smallest absolute Gasteiger partial charge is 0.259 e. The lowest BCUT2D eigenvalue weighted by Gasteiger charge is -2.08. The Morgan fingerprint density at radius 3 is 2.67 bits per heavy atom. The van der Waals surface area contributed by atoms with Gasteiger partial charge in [-0.05, 0) is 48.0 Å². The molecule has 0 atom stereocenters. The van der Waals surface area contributed by atoms with Crippen LogP contribution in [0.1, 0.15) is 11.5 Å². The van der Waals surface area contributed by atoms with Crippen LogP contribution in [0.2, 0.25) is 5.02 Å². The van der Waals surface area contributed by atoms with Crippen LogP contribution in [0.15, 0.2) is 46.9 Å². The van der Waals surface area contributed by atoms with E-state index in [-0.39, 0.29) is 17.5 Å². The number of hydrogen-bond donors (Lipinski definition) is 0. The summed E-state index contributed by atoms with van der Waals surface area (Å²) < 4.78 is 16.2. The predicted molar refractivity (Wildman–Crippen MR) is 103 cm³/mol. The zero-order valence-corrected chi connectivity index (χ0v) is 15.7. The van der Waals surface area contributed by atoms with Gasteiger partial charge >= 0.3 is 0 Å². The highest BCUT2D eigenvalue weighted by molar-refractivity contribution is 6.50. The molecule has 0 amide bonds. The van der Waals surface area contributed by atoms with Crippen LogP contribution in [-0.4, -0.2) is 23.9 Å². The van der Waals surface area contributed by atoms with E-state index in [9.17, 15) is 0 Å². The van der Waals surface area contributed by atoms with Gasteiger partial charge in [0.1, 0.15) is 11.1 Å². The largest absolute Gasteiger partial charge is 0.493 e. The molecule has 1 aromatic heterocycles. The molecule has 1 heterocycles. The average molecular weight is 402 g/mol. The maximum atomic E-state index is 8.62. The second-order valence-electron chi connectivity index (χ2n) is 5.27. The molecule has 6 nitrogen and oxygen atoms in total. The summed E-state index contributed by atoms with van der Waals surface area (Å²) >= 11 is 12.2. The van der Waals surface area contributed by atoms with Crippen LogP contribution in [0.5, 0.6) is 11.5 Å². The molecule has 0 radical (unpaired) electrons. The van der Waals surface area contributed by atoms with Crippen molar-refractivity contribution in [2.45, 2.75) is 0 Å². The van der Waals surface area contributed by atoms with Crippen molar-refractivity contribution in [1.82, 2.24) is 10.2 Å². The number of rotatable bonds is 6. The fraction of sp³-hybridized carbons (Fsp3) is 0.105. The first-order chi connectivity index (χ1) is 13.1. The van der Waals surface area contributed by atoms with E-state index in [1.54, 1.807) is 48.5 Å². The van der Waals surface area contributed by atoms with Gasteiger partial charge in [0.15, 0.2) is 18.1 Å². The fourth-order valence-electron chi connectivity index (χ4n) is 2.24. The maximum absolute atomic E-state index is 8.62. The van der Waals surface area contributed by atoms with Gasteiger partial charge < -0.3 is 13.9 Å². The van der Waals surface area contributed by atoms with Gasteiger partial charge in [0.2, 0.25) is 5.89 Å². The Morgan fingerprint density at radius 2 is 1.96 bits per heavy atom. The highest BCUT2D eigenvalue weighted by atomic mass is 35.5. The quantitative estimate of drug-likeness (QED) is 0.575. The van der Waals surface area contributed by atoms with Crippen LogP contribution in [-0.2, 0) is 0 Å². The van der Waals surface area contributed by atoms with Crippen molar-refractivity contribution in [3.8, 4) is 29.0 Å². The molecule has 0 unspecified atom stereocenters.